The van der Waals surface area contributed by atoms with E-state index in [1.807, 2.05) is 19.1 Å². The molecule has 1 heterocycles. The molecule has 6 heteroatoms. The van der Waals surface area contributed by atoms with Gasteiger partial charge < -0.3 is 20.1 Å². The fourth-order valence-electron chi connectivity index (χ4n) is 3.12. The molecule has 0 bridgehead atoms. The molecule has 0 saturated carbocycles. The molecule has 1 saturated heterocycles. The van der Waals surface area contributed by atoms with E-state index in [0.717, 1.165) is 17.2 Å². The van der Waals surface area contributed by atoms with Crippen molar-refractivity contribution >= 4 is 5.91 Å². The van der Waals surface area contributed by atoms with Crippen molar-refractivity contribution in [1.29, 1.82) is 0 Å². The molecule has 34 heavy (non-hydrogen) atoms. The van der Waals surface area contributed by atoms with E-state index in [2.05, 4.69) is 44.5 Å². The Morgan fingerprint density at radius 3 is 2.29 bits per heavy atom. The second-order valence-electron chi connectivity index (χ2n) is 8.84. The molecule has 5 nitrogen and oxygen atoms in total. The van der Waals surface area contributed by atoms with Crippen LogP contribution in [0.5, 0.6) is 5.75 Å². The zero-order chi connectivity index (χ0) is 26.4. The maximum absolute atomic E-state index is 12.8. The summed E-state index contributed by atoms with van der Waals surface area (Å²) in [5, 5.41) is 11.5. The molecule has 1 atom stereocenters. The van der Waals surface area contributed by atoms with Crippen molar-refractivity contribution < 1.29 is 19.0 Å². The van der Waals surface area contributed by atoms with E-state index in [0.29, 0.717) is 12.2 Å². The van der Waals surface area contributed by atoms with Crippen LogP contribution in [0.1, 0.15) is 51.3 Å². The number of allylic oxidation sites excluding steroid dienone is 3. The molecule has 1 unspecified atom stereocenters. The molecule has 0 spiro atoms. The summed E-state index contributed by atoms with van der Waals surface area (Å²) in [4.78, 5) is 13.6. The molecule has 2 rings (SSSR count). The Morgan fingerprint density at radius 1 is 1.32 bits per heavy atom. The normalized spacial score (nSPS) is 15.1. The van der Waals surface area contributed by atoms with Crippen LogP contribution in [0.15, 0.2) is 47.8 Å². The molecule has 1 fully saturated rings. The Morgan fingerprint density at radius 2 is 1.91 bits per heavy atom. The van der Waals surface area contributed by atoms with E-state index in [1.165, 1.54) is 50.0 Å². The van der Waals surface area contributed by atoms with E-state index in [-0.39, 0.29) is 11.5 Å². The number of carbonyl (C=O) groups excluding carboxylic acids is 1. The predicted octanol–water partition coefficient (Wildman–Crippen LogP) is 5.44. The molecule has 0 aromatic heterocycles. The average molecular weight is 477 g/mol. The van der Waals surface area contributed by atoms with Crippen LogP contribution in [0.3, 0.4) is 0 Å². The summed E-state index contributed by atoms with van der Waals surface area (Å²) < 4.78 is 18.3. The smallest absolute Gasteiger partial charge is 0.251 e. The summed E-state index contributed by atoms with van der Waals surface area (Å²) in [6.45, 7) is 23.5. The first kappa shape index (κ1) is 31.6. The minimum absolute atomic E-state index is 0.262. The molecule has 0 radical (unpaired) electrons. The van der Waals surface area contributed by atoms with Gasteiger partial charge in [0.25, 0.3) is 5.91 Å². The first-order valence-corrected chi connectivity index (χ1v) is 11.9. The Kier molecular flexibility index (Phi) is 15.1. The quantitative estimate of drug-likeness (QED) is 0.406. The number of likely N-dealkylation sites (N-methyl/N-ethyl adjacent to an activating group) is 1. The van der Waals surface area contributed by atoms with Crippen molar-refractivity contribution in [1.82, 2.24) is 10.2 Å². The number of benzene rings is 1. The minimum atomic E-state index is -0.443. The highest BCUT2D eigenvalue weighted by Gasteiger charge is 2.19. The maximum atomic E-state index is 12.8. The van der Waals surface area contributed by atoms with Gasteiger partial charge in [-0.2, -0.15) is 0 Å². The molecule has 192 valence electrons. The molecule has 2 N–H and O–H groups in total. The fraction of sp³-hybridized carbons (Fsp3) is 0.536. The summed E-state index contributed by atoms with van der Waals surface area (Å²) >= 11 is 0. The lowest BCUT2D eigenvalue weighted by Crippen LogP contribution is -2.44. The van der Waals surface area contributed by atoms with Crippen LogP contribution >= 0.6 is 0 Å². The van der Waals surface area contributed by atoms with Crippen LogP contribution in [0.2, 0.25) is 0 Å². The molecule has 1 aromatic rings. The van der Waals surface area contributed by atoms with E-state index in [9.17, 15) is 9.18 Å². The average Bonchev–Trinajstić information content (AvgIpc) is 2.78. The minimum Gasteiger partial charge on any atom is -0.491 e. The first-order valence-electron chi connectivity index (χ1n) is 11.9. The van der Waals surface area contributed by atoms with Gasteiger partial charge in [-0.25, -0.2) is 4.39 Å². The van der Waals surface area contributed by atoms with E-state index >= 15 is 0 Å². The summed E-state index contributed by atoms with van der Waals surface area (Å²) in [5.74, 6) is 1.07. The summed E-state index contributed by atoms with van der Waals surface area (Å²) in [6.07, 6.45) is 2.03. The molecule has 1 amide bonds. The molecular weight excluding hydrogens is 431 g/mol. The van der Waals surface area contributed by atoms with Crippen LogP contribution in [0.25, 0.3) is 0 Å². The van der Waals surface area contributed by atoms with Crippen LogP contribution < -0.4 is 10.1 Å². The van der Waals surface area contributed by atoms with Gasteiger partial charge in [0.2, 0.25) is 0 Å². The standard InChI is InChI=1S/C12H18O2.C10H14FNO.C6H13N/c1-8-5-6-12(11(4)10(8)3)14-7-9(2)13;1-5-8(11)6-9(7(2)3)10(13)12-4;1-3-7-4-6(2)5-7/h5-6,9,13H,7H2,1-4H3;5-6H,2H2,1,3-4H3,(H,12,13);6H,3-5H2,1-2H3/b;8-5+,9-6+;. The number of aryl methyl sites for hydroxylation is 1. The van der Waals surface area contributed by atoms with Crippen molar-refractivity contribution in [2.75, 3.05) is 33.3 Å². The number of likely N-dealkylation sites (tertiary alicyclic amines) is 1. The number of nitrogens with zero attached hydrogens (tertiary/aromatic N) is 1. The zero-order valence-corrected chi connectivity index (χ0v) is 22.6. The summed E-state index contributed by atoms with van der Waals surface area (Å²) in [5.41, 5.74) is 4.49. The van der Waals surface area contributed by atoms with Gasteiger partial charge in [-0.3, -0.25) is 4.79 Å². The van der Waals surface area contributed by atoms with Crippen LogP contribution in [0.4, 0.5) is 4.39 Å². The van der Waals surface area contributed by atoms with E-state index in [1.54, 1.807) is 20.8 Å². The van der Waals surface area contributed by atoms with Gasteiger partial charge in [0.1, 0.15) is 18.2 Å². The SMILES string of the molecule is C=C(C)/C(=C\C(F)=C/C)C(=O)NC.CCN1CC(C)C1.Cc1ccc(OCC(C)O)c(C)c1C. The lowest BCUT2D eigenvalue weighted by molar-refractivity contribution is -0.116. The number of hydrogen-bond donors (Lipinski definition) is 2. The van der Waals surface area contributed by atoms with Gasteiger partial charge in [-0.1, -0.05) is 32.6 Å². The predicted molar refractivity (Wildman–Crippen MR) is 141 cm³/mol. The van der Waals surface area contributed by atoms with Gasteiger partial charge in [0, 0.05) is 25.7 Å². The Hall–Kier alpha value is -2.44. The third-order valence-corrected chi connectivity index (χ3v) is 5.56. The number of ether oxygens (including phenoxy) is 1. The Labute approximate surface area is 206 Å². The second kappa shape index (κ2) is 16.2. The van der Waals surface area contributed by atoms with Crippen LogP contribution in [0, 0.1) is 26.7 Å². The molecule has 1 aliphatic rings. The van der Waals surface area contributed by atoms with Crippen molar-refractivity contribution in [3.63, 3.8) is 0 Å². The number of aliphatic hydroxyl groups is 1. The number of aliphatic hydroxyl groups excluding tert-OH is 1. The van der Waals surface area contributed by atoms with Crippen molar-refractivity contribution in [3.8, 4) is 5.75 Å². The largest absolute Gasteiger partial charge is 0.491 e. The van der Waals surface area contributed by atoms with Gasteiger partial charge in [-0.05, 0) is 88.4 Å². The highest BCUT2D eigenvalue weighted by Crippen LogP contribution is 2.23. The summed E-state index contributed by atoms with van der Waals surface area (Å²) in [6, 6.07) is 4.00. The number of hydrogen-bond acceptors (Lipinski definition) is 4. The number of halogens is 1. The highest BCUT2D eigenvalue weighted by molar-refractivity contribution is 5.97. The first-order chi connectivity index (χ1) is 15.9. The van der Waals surface area contributed by atoms with Crippen LogP contribution in [-0.4, -0.2) is 55.3 Å². The van der Waals surface area contributed by atoms with Gasteiger partial charge in [-0.15, -0.1) is 0 Å². The third-order valence-electron chi connectivity index (χ3n) is 5.56. The lowest BCUT2D eigenvalue weighted by Gasteiger charge is -2.35. The van der Waals surface area contributed by atoms with Gasteiger partial charge in [0.05, 0.1) is 6.10 Å². The lowest BCUT2D eigenvalue weighted by atomic mass is 10.0. The molecule has 1 aliphatic heterocycles. The van der Waals surface area contributed by atoms with Crippen molar-refractivity contribution in [3.05, 3.63) is 64.5 Å². The van der Waals surface area contributed by atoms with Crippen molar-refractivity contribution in [2.45, 2.75) is 61.5 Å². The molecule has 0 aliphatic carbocycles. The monoisotopic (exact) mass is 476 g/mol. The second-order valence-corrected chi connectivity index (χ2v) is 8.84. The number of carbonyl (C=O) groups is 1. The van der Waals surface area contributed by atoms with Gasteiger partial charge in [0.15, 0.2) is 0 Å². The van der Waals surface area contributed by atoms with Crippen molar-refractivity contribution in [2.24, 2.45) is 5.92 Å². The third kappa shape index (κ3) is 11.6. The Bertz CT molecular complexity index is 853. The van der Waals surface area contributed by atoms with E-state index < -0.39 is 11.9 Å². The Balaban J connectivity index is 0.000000505. The molecule has 1 aromatic carbocycles. The molecular formula is C28H45FN2O3. The maximum Gasteiger partial charge on any atom is 0.251 e. The highest BCUT2D eigenvalue weighted by atomic mass is 19.1. The van der Waals surface area contributed by atoms with Gasteiger partial charge >= 0.3 is 0 Å². The van der Waals surface area contributed by atoms with Crippen LogP contribution in [-0.2, 0) is 4.79 Å². The zero-order valence-electron chi connectivity index (χ0n) is 22.6. The number of amides is 1. The van der Waals surface area contributed by atoms with E-state index in [4.69, 9.17) is 9.84 Å². The number of rotatable bonds is 7. The number of nitrogens with one attached hydrogen (secondary N) is 1. The fourth-order valence-corrected chi connectivity index (χ4v) is 3.12. The topological polar surface area (TPSA) is 61.8 Å². The summed E-state index contributed by atoms with van der Waals surface area (Å²) in [7, 11) is 1.49.